The highest BCUT2D eigenvalue weighted by molar-refractivity contribution is 5.74. The Bertz CT molecular complexity index is 1210. The summed E-state index contributed by atoms with van der Waals surface area (Å²) in [7, 11) is 0. The second-order valence-electron chi connectivity index (χ2n) is 9.19. The predicted molar refractivity (Wildman–Crippen MR) is 122 cm³/mol. The molecule has 1 aliphatic rings. The van der Waals surface area contributed by atoms with Crippen LogP contribution in [0.2, 0.25) is 0 Å². The van der Waals surface area contributed by atoms with E-state index in [-0.39, 0.29) is 24.3 Å². The number of carboxylic acid groups (broad SMARTS) is 1. The molecule has 3 aromatic rings. The van der Waals surface area contributed by atoms with E-state index in [0.29, 0.717) is 29.1 Å². The van der Waals surface area contributed by atoms with Gasteiger partial charge in [0.2, 0.25) is 0 Å². The van der Waals surface area contributed by atoms with E-state index in [0.717, 1.165) is 12.8 Å². The van der Waals surface area contributed by atoms with E-state index in [1.807, 2.05) is 26.0 Å². The van der Waals surface area contributed by atoms with Gasteiger partial charge in [0, 0.05) is 12.0 Å². The normalized spacial score (nSPS) is 16.8. The minimum Gasteiger partial charge on any atom is -0.490 e. The first kappa shape index (κ1) is 22.5. The van der Waals surface area contributed by atoms with E-state index in [9.17, 15) is 15.2 Å². The SMILES string of the molecule is CC(C)Oc1ccc(-c2nc(C[C@@](C)(CC3CCc4ccccc43)C(=O)O)no2)cc1C#N. The maximum atomic E-state index is 12.3. The van der Waals surface area contributed by atoms with Crippen LogP contribution in [-0.4, -0.2) is 27.3 Å². The third-order valence-electron chi connectivity index (χ3n) is 6.20. The average Bonchev–Trinajstić information content (AvgIpc) is 3.41. The number of aryl methyl sites for hydroxylation is 1. The van der Waals surface area contributed by atoms with E-state index >= 15 is 0 Å². The Balaban J connectivity index is 1.54. The highest BCUT2D eigenvalue weighted by atomic mass is 16.5. The molecule has 1 aromatic heterocycles. The average molecular weight is 446 g/mol. The fourth-order valence-electron chi connectivity index (χ4n) is 4.54. The number of hydrogen-bond acceptors (Lipinski definition) is 6. The molecule has 1 aliphatic carbocycles. The second kappa shape index (κ2) is 9.07. The molecule has 0 aliphatic heterocycles. The topological polar surface area (TPSA) is 109 Å². The molecule has 0 fully saturated rings. The largest absolute Gasteiger partial charge is 0.490 e. The van der Waals surface area contributed by atoms with Crippen LogP contribution in [0.4, 0.5) is 0 Å². The number of nitriles is 1. The molecule has 2 aromatic carbocycles. The number of ether oxygens (including phenoxy) is 1. The van der Waals surface area contributed by atoms with Crippen molar-refractivity contribution < 1.29 is 19.2 Å². The number of carbonyl (C=O) groups is 1. The zero-order valence-corrected chi connectivity index (χ0v) is 19.0. The minimum atomic E-state index is -1.03. The number of carboxylic acids is 1. The molecular formula is C26H27N3O4. The van der Waals surface area contributed by atoms with Crippen molar-refractivity contribution in [2.45, 2.75) is 58.5 Å². The molecule has 1 N–H and O–H groups in total. The van der Waals surface area contributed by atoms with Crippen LogP contribution in [0, 0.1) is 16.7 Å². The summed E-state index contributed by atoms with van der Waals surface area (Å²) in [5, 5.41) is 23.6. The summed E-state index contributed by atoms with van der Waals surface area (Å²) in [5.41, 5.74) is 2.47. The van der Waals surface area contributed by atoms with Gasteiger partial charge in [-0.25, -0.2) is 0 Å². The van der Waals surface area contributed by atoms with Crippen molar-refractivity contribution in [3.63, 3.8) is 0 Å². The Morgan fingerprint density at radius 2 is 2.12 bits per heavy atom. The van der Waals surface area contributed by atoms with Gasteiger partial charge in [-0.2, -0.15) is 10.2 Å². The van der Waals surface area contributed by atoms with E-state index in [2.05, 4.69) is 28.3 Å². The predicted octanol–water partition coefficient (Wildman–Crippen LogP) is 5.15. The molecule has 1 unspecified atom stereocenters. The molecular weight excluding hydrogens is 418 g/mol. The molecule has 4 rings (SSSR count). The van der Waals surface area contributed by atoms with Gasteiger partial charge in [-0.3, -0.25) is 4.79 Å². The zero-order valence-electron chi connectivity index (χ0n) is 19.0. The van der Waals surface area contributed by atoms with Crippen molar-refractivity contribution in [1.82, 2.24) is 10.1 Å². The van der Waals surface area contributed by atoms with Gasteiger partial charge >= 0.3 is 5.97 Å². The molecule has 0 radical (unpaired) electrons. The first-order chi connectivity index (χ1) is 15.8. The van der Waals surface area contributed by atoms with Gasteiger partial charge in [0.05, 0.1) is 17.1 Å². The number of fused-ring (bicyclic) bond motifs is 1. The third-order valence-corrected chi connectivity index (χ3v) is 6.20. The van der Waals surface area contributed by atoms with Gasteiger partial charge in [0.15, 0.2) is 5.82 Å². The van der Waals surface area contributed by atoms with Crippen molar-refractivity contribution in [3.8, 4) is 23.3 Å². The van der Waals surface area contributed by atoms with Crippen LogP contribution in [0.5, 0.6) is 5.75 Å². The quantitative estimate of drug-likeness (QED) is 0.511. The fraction of sp³-hybridized carbons (Fsp3) is 0.385. The van der Waals surface area contributed by atoms with E-state index < -0.39 is 11.4 Å². The number of aliphatic carboxylic acids is 1. The van der Waals surface area contributed by atoms with Crippen molar-refractivity contribution in [2.24, 2.45) is 5.41 Å². The lowest BCUT2D eigenvalue weighted by molar-refractivity contribution is -0.148. The van der Waals surface area contributed by atoms with Crippen molar-refractivity contribution in [3.05, 3.63) is 65.0 Å². The molecule has 0 saturated carbocycles. The number of aromatic nitrogens is 2. The molecule has 7 heteroatoms. The van der Waals surface area contributed by atoms with Gasteiger partial charge in [0.1, 0.15) is 11.8 Å². The fourth-order valence-corrected chi connectivity index (χ4v) is 4.54. The summed E-state index contributed by atoms with van der Waals surface area (Å²) >= 11 is 0. The van der Waals surface area contributed by atoms with Crippen molar-refractivity contribution in [2.75, 3.05) is 0 Å². The lowest BCUT2D eigenvalue weighted by Crippen LogP contribution is -2.32. The summed E-state index contributed by atoms with van der Waals surface area (Å²) in [4.78, 5) is 16.7. The van der Waals surface area contributed by atoms with Gasteiger partial charge < -0.3 is 14.4 Å². The summed E-state index contributed by atoms with van der Waals surface area (Å²) in [6, 6.07) is 15.5. The van der Waals surface area contributed by atoms with Gasteiger partial charge in [-0.05, 0) is 75.3 Å². The minimum absolute atomic E-state index is 0.0570. The molecule has 0 bridgehead atoms. The molecule has 170 valence electrons. The summed E-state index contributed by atoms with van der Waals surface area (Å²) < 4.78 is 11.1. The van der Waals surface area contributed by atoms with Crippen LogP contribution in [0.1, 0.15) is 62.0 Å². The lowest BCUT2D eigenvalue weighted by atomic mass is 9.76. The second-order valence-corrected chi connectivity index (χ2v) is 9.19. The van der Waals surface area contributed by atoms with Crippen LogP contribution in [0.15, 0.2) is 47.0 Å². The molecule has 1 heterocycles. The summed E-state index contributed by atoms with van der Waals surface area (Å²) in [5.74, 6) is 0.394. The smallest absolute Gasteiger partial charge is 0.309 e. The first-order valence-electron chi connectivity index (χ1n) is 11.1. The zero-order chi connectivity index (χ0) is 23.6. The molecule has 0 amide bonds. The van der Waals surface area contributed by atoms with E-state index in [1.54, 1.807) is 25.1 Å². The van der Waals surface area contributed by atoms with Crippen molar-refractivity contribution in [1.29, 1.82) is 5.26 Å². The highest BCUT2D eigenvalue weighted by Gasteiger charge is 2.39. The molecule has 33 heavy (non-hydrogen) atoms. The maximum Gasteiger partial charge on any atom is 0.309 e. The van der Waals surface area contributed by atoms with Crippen LogP contribution in [0.3, 0.4) is 0 Å². The molecule has 0 spiro atoms. The third kappa shape index (κ3) is 4.75. The van der Waals surface area contributed by atoms with E-state index in [4.69, 9.17) is 9.26 Å². The number of benzene rings is 2. The van der Waals surface area contributed by atoms with Crippen LogP contribution in [-0.2, 0) is 17.6 Å². The number of nitrogens with zero attached hydrogens (tertiary/aromatic N) is 3. The Labute approximate surface area is 193 Å². The molecule has 0 saturated heterocycles. The standard InChI is InChI=1S/C26H27N3O4/c1-16(2)32-22-11-10-18(12-20(22)15-27)24-28-23(29-33-24)14-26(3,25(30)31)13-19-9-8-17-6-4-5-7-21(17)19/h4-7,10-12,16,19H,8-9,13-14H2,1-3H3,(H,30,31)/t19?,26-/m1/s1. The lowest BCUT2D eigenvalue weighted by Gasteiger charge is -2.27. The maximum absolute atomic E-state index is 12.3. The first-order valence-corrected chi connectivity index (χ1v) is 11.1. The molecule has 2 atom stereocenters. The van der Waals surface area contributed by atoms with Crippen LogP contribution >= 0.6 is 0 Å². The van der Waals surface area contributed by atoms with Crippen LogP contribution in [0.25, 0.3) is 11.5 Å². The van der Waals surface area contributed by atoms with Crippen molar-refractivity contribution >= 4 is 5.97 Å². The van der Waals surface area contributed by atoms with Gasteiger partial charge in [-0.15, -0.1) is 0 Å². The summed E-state index contributed by atoms with van der Waals surface area (Å²) in [6.45, 7) is 5.53. The summed E-state index contributed by atoms with van der Waals surface area (Å²) in [6.07, 6.45) is 2.52. The Morgan fingerprint density at radius 1 is 1.33 bits per heavy atom. The Morgan fingerprint density at radius 3 is 2.85 bits per heavy atom. The van der Waals surface area contributed by atoms with Gasteiger partial charge in [0.25, 0.3) is 5.89 Å². The Hall–Kier alpha value is -3.66. The molecule has 7 nitrogen and oxygen atoms in total. The monoisotopic (exact) mass is 445 g/mol. The van der Waals surface area contributed by atoms with Gasteiger partial charge in [-0.1, -0.05) is 29.4 Å². The number of rotatable bonds is 8. The number of hydrogen-bond donors (Lipinski definition) is 1. The van der Waals surface area contributed by atoms with E-state index in [1.165, 1.54) is 11.1 Å². The Kier molecular flexibility index (Phi) is 6.19. The highest BCUT2D eigenvalue weighted by Crippen LogP contribution is 2.42. The van der Waals surface area contributed by atoms with Crippen LogP contribution < -0.4 is 4.74 Å².